The quantitative estimate of drug-likeness (QED) is 0.792. The summed E-state index contributed by atoms with van der Waals surface area (Å²) in [5, 5.41) is 3.70. The van der Waals surface area contributed by atoms with Gasteiger partial charge in [0, 0.05) is 25.7 Å². The van der Waals surface area contributed by atoms with Gasteiger partial charge in [-0.2, -0.15) is 0 Å². The van der Waals surface area contributed by atoms with Crippen LogP contribution in [0.3, 0.4) is 0 Å². The molecule has 6 nitrogen and oxygen atoms in total. The zero-order valence-corrected chi connectivity index (χ0v) is 13.8. The predicted molar refractivity (Wildman–Crippen MR) is 85.6 cm³/mol. The van der Waals surface area contributed by atoms with Gasteiger partial charge in [0.1, 0.15) is 10.7 Å². The third kappa shape index (κ3) is 4.08. The van der Waals surface area contributed by atoms with E-state index in [-0.39, 0.29) is 11.9 Å². The number of nitrogens with two attached hydrogens (primary N) is 1. The number of carbonyl (C=O) groups is 1. The first-order chi connectivity index (χ1) is 9.40. The minimum atomic E-state index is -0.146. The van der Waals surface area contributed by atoms with Crippen LogP contribution in [-0.4, -0.2) is 55.6 Å². The monoisotopic (exact) mass is 299 g/mol. The Morgan fingerprint density at radius 1 is 1.40 bits per heavy atom. The molecule has 0 aliphatic heterocycles. The van der Waals surface area contributed by atoms with Crippen molar-refractivity contribution in [3.05, 3.63) is 4.88 Å². The number of likely N-dealkylation sites (N-methyl/N-ethyl adjacent to an activating group) is 1. The number of amides is 1. The van der Waals surface area contributed by atoms with Gasteiger partial charge in [0.2, 0.25) is 0 Å². The Bertz CT molecular complexity index is 442. The molecule has 0 fully saturated rings. The Morgan fingerprint density at radius 2 is 2.00 bits per heavy atom. The zero-order chi connectivity index (χ0) is 15.3. The molecule has 1 rings (SSSR count). The summed E-state index contributed by atoms with van der Waals surface area (Å²) >= 11 is 1.35. The van der Waals surface area contributed by atoms with Crippen molar-refractivity contribution in [2.45, 2.75) is 26.8 Å². The molecule has 0 radical (unpaired) electrons. The Kier molecular flexibility index (Phi) is 6.22. The first-order valence-corrected chi connectivity index (χ1v) is 7.68. The molecule has 0 aliphatic rings. The van der Waals surface area contributed by atoms with Gasteiger partial charge in [0.05, 0.1) is 0 Å². The molecule has 1 amide bonds. The van der Waals surface area contributed by atoms with E-state index in [9.17, 15) is 4.79 Å². The Labute approximate surface area is 125 Å². The van der Waals surface area contributed by atoms with Crippen molar-refractivity contribution in [3.8, 4) is 0 Å². The van der Waals surface area contributed by atoms with E-state index in [1.54, 1.807) is 0 Å². The van der Waals surface area contributed by atoms with Crippen LogP contribution in [0.15, 0.2) is 0 Å². The van der Waals surface area contributed by atoms with Crippen LogP contribution in [0, 0.1) is 0 Å². The van der Waals surface area contributed by atoms with Crippen molar-refractivity contribution < 1.29 is 4.79 Å². The first-order valence-electron chi connectivity index (χ1n) is 6.86. The lowest BCUT2D eigenvalue weighted by Crippen LogP contribution is -2.38. The van der Waals surface area contributed by atoms with Crippen LogP contribution in [0.4, 0.5) is 10.9 Å². The van der Waals surface area contributed by atoms with Crippen LogP contribution < -0.4 is 16.0 Å². The lowest BCUT2D eigenvalue weighted by atomic mass is 10.3. The number of nitrogens with zero attached hydrogens (tertiary/aromatic N) is 3. The third-order valence-electron chi connectivity index (χ3n) is 3.32. The number of hydrogen-bond acceptors (Lipinski definition) is 6. The average Bonchev–Trinajstić information content (AvgIpc) is 2.79. The molecule has 3 N–H and O–H groups in total. The molecule has 0 aliphatic carbocycles. The summed E-state index contributed by atoms with van der Waals surface area (Å²) < 4.78 is 0. The summed E-state index contributed by atoms with van der Waals surface area (Å²) in [6, 6.07) is 0.273. The summed E-state index contributed by atoms with van der Waals surface area (Å²) in [5.74, 6) is 0.166. The normalized spacial score (nSPS) is 12.5. The second-order valence-corrected chi connectivity index (χ2v) is 5.88. The van der Waals surface area contributed by atoms with Crippen LogP contribution in [0.2, 0.25) is 0 Å². The van der Waals surface area contributed by atoms with E-state index >= 15 is 0 Å². The van der Waals surface area contributed by atoms with Crippen molar-refractivity contribution >= 4 is 28.2 Å². The molecule has 0 aromatic carbocycles. The molecule has 114 valence electrons. The van der Waals surface area contributed by atoms with Crippen molar-refractivity contribution in [1.29, 1.82) is 0 Å². The van der Waals surface area contributed by atoms with Gasteiger partial charge in [-0.3, -0.25) is 4.79 Å². The SMILES string of the molecule is CCN(CC)c1nc(N)c(C(=O)NCC(C)N(C)C)s1. The minimum absolute atomic E-state index is 0.146. The van der Waals surface area contributed by atoms with Crippen molar-refractivity contribution in [3.63, 3.8) is 0 Å². The molecule has 7 heteroatoms. The second kappa shape index (κ2) is 7.44. The van der Waals surface area contributed by atoms with Crippen molar-refractivity contribution in [1.82, 2.24) is 15.2 Å². The maximum absolute atomic E-state index is 12.1. The number of nitrogen functional groups attached to an aromatic ring is 1. The summed E-state index contributed by atoms with van der Waals surface area (Å²) in [7, 11) is 3.97. The standard InChI is InChI=1S/C13H25N5OS/c1-6-18(7-2)13-16-11(14)10(20-13)12(19)15-8-9(3)17(4)5/h9H,6-8,14H2,1-5H3,(H,15,19). The topological polar surface area (TPSA) is 74.5 Å². The molecule has 1 atom stereocenters. The van der Waals surface area contributed by atoms with E-state index in [1.165, 1.54) is 11.3 Å². The molecule has 1 unspecified atom stereocenters. The van der Waals surface area contributed by atoms with Gasteiger partial charge in [-0.25, -0.2) is 4.98 Å². The number of hydrogen-bond donors (Lipinski definition) is 2. The van der Waals surface area contributed by atoms with Crippen LogP contribution in [0.25, 0.3) is 0 Å². The van der Waals surface area contributed by atoms with Gasteiger partial charge >= 0.3 is 0 Å². The van der Waals surface area contributed by atoms with E-state index in [1.807, 2.05) is 14.1 Å². The highest BCUT2D eigenvalue weighted by Crippen LogP contribution is 2.27. The van der Waals surface area contributed by atoms with Crippen LogP contribution in [0.1, 0.15) is 30.4 Å². The number of anilines is 2. The van der Waals surface area contributed by atoms with Gasteiger partial charge in [-0.15, -0.1) is 0 Å². The predicted octanol–water partition coefficient (Wildman–Crippen LogP) is 1.25. The minimum Gasteiger partial charge on any atom is -0.382 e. The number of carbonyl (C=O) groups excluding carboxylic acids is 1. The summed E-state index contributed by atoms with van der Waals surface area (Å²) in [6.07, 6.45) is 0. The zero-order valence-electron chi connectivity index (χ0n) is 12.9. The third-order valence-corrected chi connectivity index (χ3v) is 4.45. The Morgan fingerprint density at radius 3 is 2.50 bits per heavy atom. The fourth-order valence-electron chi connectivity index (χ4n) is 1.62. The lowest BCUT2D eigenvalue weighted by molar-refractivity contribution is 0.0948. The maximum atomic E-state index is 12.1. The molecule has 0 spiro atoms. The van der Waals surface area contributed by atoms with E-state index in [0.29, 0.717) is 17.2 Å². The number of aromatic nitrogens is 1. The summed E-state index contributed by atoms with van der Waals surface area (Å²) in [5.41, 5.74) is 5.86. The highest BCUT2D eigenvalue weighted by Gasteiger charge is 2.19. The van der Waals surface area contributed by atoms with E-state index in [0.717, 1.165) is 18.2 Å². The van der Waals surface area contributed by atoms with Crippen molar-refractivity contribution in [2.75, 3.05) is 44.4 Å². The fourth-order valence-corrected chi connectivity index (χ4v) is 2.64. The highest BCUT2D eigenvalue weighted by atomic mass is 32.1. The molecular weight excluding hydrogens is 274 g/mol. The highest BCUT2D eigenvalue weighted by molar-refractivity contribution is 7.18. The number of nitrogens with one attached hydrogen (secondary N) is 1. The maximum Gasteiger partial charge on any atom is 0.265 e. The van der Waals surface area contributed by atoms with E-state index in [2.05, 4.69) is 40.9 Å². The molecule has 20 heavy (non-hydrogen) atoms. The van der Waals surface area contributed by atoms with Crippen LogP contribution in [-0.2, 0) is 0 Å². The first kappa shape index (κ1) is 16.7. The van der Waals surface area contributed by atoms with Crippen molar-refractivity contribution in [2.24, 2.45) is 0 Å². The molecular formula is C13H25N5OS. The Hall–Kier alpha value is -1.34. The summed E-state index contributed by atoms with van der Waals surface area (Å²) in [4.78, 5) is 21.1. The van der Waals surface area contributed by atoms with Gasteiger partial charge in [0.25, 0.3) is 5.91 Å². The van der Waals surface area contributed by atoms with Crippen LogP contribution in [0.5, 0.6) is 0 Å². The second-order valence-electron chi connectivity index (χ2n) is 4.91. The summed E-state index contributed by atoms with van der Waals surface area (Å²) in [6.45, 7) is 8.45. The molecule has 0 saturated heterocycles. The van der Waals surface area contributed by atoms with Gasteiger partial charge in [-0.1, -0.05) is 11.3 Å². The fraction of sp³-hybridized carbons (Fsp3) is 0.692. The lowest BCUT2D eigenvalue weighted by Gasteiger charge is -2.19. The molecule has 0 saturated carbocycles. The Balaban J connectivity index is 2.74. The largest absolute Gasteiger partial charge is 0.382 e. The van der Waals surface area contributed by atoms with E-state index in [4.69, 9.17) is 5.73 Å². The van der Waals surface area contributed by atoms with Gasteiger partial charge < -0.3 is 20.9 Å². The molecule has 1 aromatic heterocycles. The molecule has 1 heterocycles. The van der Waals surface area contributed by atoms with Crippen LogP contribution >= 0.6 is 11.3 Å². The number of rotatable bonds is 7. The number of thiazole rings is 1. The van der Waals surface area contributed by atoms with Gasteiger partial charge in [-0.05, 0) is 34.9 Å². The molecule has 1 aromatic rings. The van der Waals surface area contributed by atoms with E-state index < -0.39 is 0 Å². The molecule has 0 bridgehead atoms. The smallest absolute Gasteiger partial charge is 0.265 e. The average molecular weight is 299 g/mol. The van der Waals surface area contributed by atoms with Gasteiger partial charge in [0.15, 0.2) is 5.13 Å².